The van der Waals surface area contributed by atoms with Crippen molar-refractivity contribution < 1.29 is 9.53 Å². The third-order valence-corrected chi connectivity index (χ3v) is 4.26. The van der Waals surface area contributed by atoms with Gasteiger partial charge in [0.15, 0.2) is 0 Å². The van der Waals surface area contributed by atoms with Gasteiger partial charge in [-0.05, 0) is 42.9 Å². The molecule has 2 saturated carbocycles. The molecule has 0 radical (unpaired) electrons. The summed E-state index contributed by atoms with van der Waals surface area (Å²) in [7, 11) is 0. The Balaban J connectivity index is 1.75. The molecular weight excluding hydrogens is 176 g/mol. The molecule has 0 aromatic rings. The Morgan fingerprint density at radius 1 is 1.36 bits per heavy atom. The minimum absolute atomic E-state index is 0.106. The van der Waals surface area contributed by atoms with E-state index < -0.39 is 0 Å². The largest absolute Gasteiger partial charge is 0.462 e. The van der Waals surface area contributed by atoms with Crippen LogP contribution in [0.1, 0.15) is 26.2 Å². The molecular formula is C12H16O2. The third kappa shape index (κ3) is 1.06. The smallest absolute Gasteiger partial charge is 0.302 e. The van der Waals surface area contributed by atoms with E-state index >= 15 is 0 Å². The van der Waals surface area contributed by atoms with Crippen LogP contribution in [0, 0.1) is 23.7 Å². The number of allylic oxidation sites excluding steroid dienone is 2. The molecule has 5 atom stereocenters. The van der Waals surface area contributed by atoms with Crippen molar-refractivity contribution in [3.8, 4) is 0 Å². The summed E-state index contributed by atoms with van der Waals surface area (Å²) in [6, 6.07) is 0. The zero-order valence-corrected chi connectivity index (χ0v) is 8.48. The van der Waals surface area contributed by atoms with Crippen molar-refractivity contribution in [3.05, 3.63) is 12.2 Å². The number of hydrogen-bond donors (Lipinski definition) is 0. The maximum absolute atomic E-state index is 10.9. The zero-order chi connectivity index (χ0) is 9.71. The number of rotatable bonds is 1. The fourth-order valence-electron chi connectivity index (χ4n) is 3.84. The van der Waals surface area contributed by atoms with Gasteiger partial charge in [-0.15, -0.1) is 0 Å². The zero-order valence-electron chi connectivity index (χ0n) is 8.48. The number of esters is 1. The van der Waals surface area contributed by atoms with E-state index in [-0.39, 0.29) is 12.1 Å². The lowest BCUT2D eigenvalue weighted by molar-refractivity contribution is -0.150. The lowest BCUT2D eigenvalue weighted by atomic mass is 9.80. The van der Waals surface area contributed by atoms with Crippen molar-refractivity contribution in [3.63, 3.8) is 0 Å². The summed E-state index contributed by atoms with van der Waals surface area (Å²) in [5.74, 6) is 2.95. The SMILES string of the molecule is CC(=O)OC1CC2CC1C1CC=CC21. The maximum Gasteiger partial charge on any atom is 0.302 e. The lowest BCUT2D eigenvalue weighted by Gasteiger charge is -2.30. The molecule has 2 nitrogen and oxygen atoms in total. The summed E-state index contributed by atoms with van der Waals surface area (Å²) in [6.07, 6.45) is 8.54. The molecule has 3 aliphatic carbocycles. The Morgan fingerprint density at radius 2 is 2.21 bits per heavy atom. The Hall–Kier alpha value is -0.790. The molecule has 3 aliphatic rings. The van der Waals surface area contributed by atoms with Gasteiger partial charge < -0.3 is 4.74 Å². The number of fused-ring (bicyclic) bond motifs is 5. The topological polar surface area (TPSA) is 26.3 Å². The predicted octanol–water partition coefficient (Wildman–Crippen LogP) is 2.15. The number of hydrogen-bond acceptors (Lipinski definition) is 2. The summed E-state index contributed by atoms with van der Waals surface area (Å²) < 4.78 is 5.39. The van der Waals surface area contributed by atoms with Gasteiger partial charge in [-0.1, -0.05) is 12.2 Å². The quantitative estimate of drug-likeness (QED) is 0.470. The van der Waals surface area contributed by atoms with Crippen molar-refractivity contribution in [2.24, 2.45) is 23.7 Å². The van der Waals surface area contributed by atoms with Crippen molar-refractivity contribution in [2.75, 3.05) is 0 Å². The number of carbonyl (C=O) groups is 1. The third-order valence-electron chi connectivity index (χ3n) is 4.26. The van der Waals surface area contributed by atoms with Crippen LogP contribution in [0.25, 0.3) is 0 Å². The summed E-state index contributed by atoms with van der Waals surface area (Å²) in [5, 5.41) is 0. The standard InChI is InChI=1S/C12H16O2/c1-7(13)14-12-6-8-5-11(12)10-4-2-3-9(8)10/h2-3,8-12H,4-6H2,1H3. The molecule has 0 heterocycles. The Bertz CT molecular complexity index is 295. The van der Waals surface area contributed by atoms with Gasteiger partial charge in [0.05, 0.1) is 0 Å². The average Bonchev–Trinajstić information content (AvgIpc) is 2.68. The highest BCUT2D eigenvalue weighted by Gasteiger charge is 2.53. The molecule has 2 fully saturated rings. The van der Waals surface area contributed by atoms with E-state index in [0.29, 0.717) is 5.92 Å². The van der Waals surface area contributed by atoms with Gasteiger partial charge in [0, 0.05) is 6.92 Å². The molecule has 5 unspecified atom stereocenters. The van der Waals surface area contributed by atoms with Gasteiger partial charge >= 0.3 is 5.97 Å². The Kier molecular flexibility index (Phi) is 1.73. The number of carbonyl (C=O) groups excluding carboxylic acids is 1. The van der Waals surface area contributed by atoms with E-state index in [0.717, 1.165) is 24.2 Å². The van der Waals surface area contributed by atoms with Crippen LogP contribution in [0.2, 0.25) is 0 Å². The minimum Gasteiger partial charge on any atom is -0.462 e. The second kappa shape index (κ2) is 2.85. The van der Waals surface area contributed by atoms with Crippen LogP contribution in [-0.4, -0.2) is 12.1 Å². The first kappa shape index (κ1) is 8.51. The second-order valence-corrected chi connectivity index (χ2v) is 4.95. The highest BCUT2D eigenvalue weighted by molar-refractivity contribution is 5.66. The first-order valence-electron chi connectivity index (χ1n) is 5.59. The van der Waals surface area contributed by atoms with E-state index in [1.165, 1.54) is 19.8 Å². The Labute approximate surface area is 84.3 Å². The molecule has 0 aromatic heterocycles. The van der Waals surface area contributed by atoms with Gasteiger partial charge in [0.1, 0.15) is 6.10 Å². The molecule has 0 aliphatic heterocycles. The molecule has 76 valence electrons. The van der Waals surface area contributed by atoms with Crippen LogP contribution in [-0.2, 0) is 9.53 Å². The van der Waals surface area contributed by atoms with Crippen LogP contribution in [0.3, 0.4) is 0 Å². The molecule has 0 N–H and O–H groups in total. The van der Waals surface area contributed by atoms with Crippen LogP contribution in [0.15, 0.2) is 12.2 Å². The van der Waals surface area contributed by atoms with E-state index in [9.17, 15) is 4.79 Å². The van der Waals surface area contributed by atoms with Crippen molar-refractivity contribution >= 4 is 5.97 Å². The van der Waals surface area contributed by atoms with Gasteiger partial charge in [0.2, 0.25) is 0 Å². The van der Waals surface area contributed by atoms with Crippen LogP contribution in [0.5, 0.6) is 0 Å². The fourth-order valence-corrected chi connectivity index (χ4v) is 3.84. The average molecular weight is 192 g/mol. The molecule has 3 rings (SSSR count). The van der Waals surface area contributed by atoms with E-state index in [1.807, 2.05) is 0 Å². The first-order valence-corrected chi connectivity index (χ1v) is 5.59. The molecule has 0 saturated heterocycles. The van der Waals surface area contributed by atoms with E-state index in [1.54, 1.807) is 0 Å². The van der Waals surface area contributed by atoms with Crippen LogP contribution < -0.4 is 0 Å². The molecule has 2 bridgehead atoms. The van der Waals surface area contributed by atoms with E-state index in [4.69, 9.17) is 4.74 Å². The maximum atomic E-state index is 10.9. The predicted molar refractivity (Wildman–Crippen MR) is 52.5 cm³/mol. The summed E-state index contributed by atoms with van der Waals surface area (Å²) in [5.41, 5.74) is 0. The molecule has 0 amide bonds. The van der Waals surface area contributed by atoms with Crippen LogP contribution in [0.4, 0.5) is 0 Å². The fraction of sp³-hybridized carbons (Fsp3) is 0.750. The number of ether oxygens (including phenoxy) is 1. The molecule has 0 aromatic carbocycles. The van der Waals surface area contributed by atoms with Gasteiger partial charge in [0.25, 0.3) is 0 Å². The molecule has 0 spiro atoms. The summed E-state index contributed by atoms with van der Waals surface area (Å²) in [6.45, 7) is 1.52. The van der Waals surface area contributed by atoms with Gasteiger partial charge in [-0.3, -0.25) is 4.79 Å². The highest BCUT2D eigenvalue weighted by Crippen LogP contribution is 2.57. The van der Waals surface area contributed by atoms with Crippen molar-refractivity contribution in [1.29, 1.82) is 0 Å². The first-order chi connectivity index (χ1) is 6.75. The van der Waals surface area contributed by atoms with Gasteiger partial charge in [-0.25, -0.2) is 0 Å². The molecule has 14 heavy (non-hydrogen) atoms. The lowest BCUT2D eigenvalue weighted by Crippen LogP contribution is -2.31. The normalized spacial score (nSPS) is 48.2. The van der Waals surface area contributed by atoms with Crippen LogP contribution >= 0.6 is 0 Å². The monoisotopic (exact) mass is 192 g/mol. The van der Waals surface area contributed by atoms with Gasteiger partial charge in [-0.2, -0.15) is 0 Å². The van der Waals surface area contributed by atoms with Crippen molar-refractivity contribution in [2.45, 2.75) is 32.3 Å². The van der Waals surface area contributed by atoms with E-state index in [2.05, 4.69) is 12.2 Å². The Morgan fingerprint density at radius 3 is 3.00 bits per heavy atom. The summed E-state index contributed by atoms with van der Waals surface area (Å²) in [4.78, 5) is 10.9. The highest BCUT2D eigenvalue weighted by atomic mass is 16.5. The summed E-state index contributed by atoms with van der Waals surface area (Å²) >= 11 is 0. The minimum atomic E-state index is -0.106. The molecule has 2 heteroatoms. The van der Waals surface area contributed by atoms with Crippen molar-refractivity contribution in [1.82, 2.24) is 0 Å². The second-order valence-electron chi connectivity index (χ2n) is 4.95.